The van der Waals surface area contributed by atoms with E-state index >= 15 is 0 Å². The molecule has 2 N–H and O–H groups in total. The molecule has 2 aromatic rings. The molecule has 0 aliphatic heterocycles. The van der Waals surface area contributed by atoms with Gasteiger partial charge in [0.15, 0.2) is 0 Å². The fraction of sp³-hybridized carbons (Fsp3) is 0.250. The first kappa shape index (κ1) is 20.4. The fourth-order valence-electron chi connectivity index (χ4n) is 2.95. The molecule has 0 heterocycles. The molecule has 148 valence electrons. The lowest BCUT2D eigenvalue weighted by Gasteiger charge is -2.19. The van der Waals surface area contributed by atoms with Crippen LogP contribution in [0, 0.1) is 5.92 Å². The fourth-order valence-corrected chi connectivity index (χ4v) is 4.30. The van der Waals surface area contributed by atoms with Gasteiger partial charge in [-0.15, -0.1) is 0 Å². The molecule has 8 heteroatoms. The van der Waals surface area contributed by atoms with Gasteiger partial charge in [0.25, 0.3) is 10.0 Å². The lowest BCUT2D eigenvalue weighted by Crippen LogP contribution is -2.24. The minimum atomic E-state index is -3.82. The zero-order valence-electron chi connectivity index (χ0n) is 15.3. The number of anilines is 2. The molecule has 1 aliphatic carbocycles. The van der Waals surface area contributed by atoms with Crippen LogP contribution < -0.4 is 14.8 Å². The van der Waals surface area contributed by atoms with Gasteiger partial charge in [-0.3, -0.25) is 9.52 Å². The minimum Gasteiger partial charge on any atom is -0.495 e. The summed E-state index contributed by atoms with van der Waals surface area (Å²) in [7, 11) is -2.34. The number of halogens is 1. The van der Waals surface area contributed by atoms with Gasteiger partial charge in [-0.2, -0.15) is 0 Å². The minimum absolute atomic E-state index is 0.0371. The SMILES string of the molecule is COc1ccc(S(=O)(=O)Nc2ccc(Br)cc2)cc1NC(=O)C1CC=CCC1. The molecule has 1 unspecified atom stereocenters. The molecule has 0 spiro atoms. The summed E-state index contributed by atoms with van der Waals surface area (Å²) >= 11 is 3.32. The van der Waals surface area contributed by atoms with Gasteiger partial charge in [-0.1, -0.05) is 28.1 Å². The summed E-state index contributed by atoms with van der Waals surface area (Å²) in [5, 5.41) is 2.82. The van der Waals surface area contributed by atoms with Crippen molar-refractivity contribution in [3.63, 3.8) is 0 Å². The van der Waals surface area contributed by atoms with E-state index in [2.05, 4.69) is 32.0 Å². The number of hydrogen-bond donors (Lipinski definition) is 2. The highest BCUT2D eigenvalue weighted by Crippen LogP contribution is 2.30. The highest BCUT2D eigenvalue weighted by atomic mass is 79.9. The monoisotopic (exact) mass is 464 g/mol. The van der Waals surface area contributed by atoms with Crippen LogP contribution >= 0.6 is 15.9 Å². The van der Waals surface area contributed by atoms with E-state index < -0.39 is 10.0 Å². The van der Waals surface area contributed by atoms with Crippen LogP contribution in [0.5, 0.6) is 5.75 Å². The third-order valence-electron chi connectivity index (χ3n) is 4.48. The molecule has 3 rings (SSSR count). The van der Waals surface area contributed by atoms with E-state index in [-0.39, 0.29) is 16.7 Å². The van der Waals surface area contributed by atoms with Crippen molar-refractivity contribution >= 4 is 43.2 Å². The topological polar surface area (TPSA) is 84.5 Å². The molecule has 1 aliphatic rings. The summed E-state index contributed by atoms with van der Waals surface area (Å²) < 4.78 is 34.1. The molecule has 0 bridgehead atoms. The van der Waals surface area contributed by atoms with Gasteiger partial charge in [0.05, 0.1) is 17.7 Å². The molecular formula is C20H21BrN2O4S. The maximum atomic E-state index is 12.7. The Morgan fingerprint density at radius 3 is 2.54 bits per heavy atom. The van der Waals surface area contributed by atoms with E-state index in [1.54, 1.807) is 24.3 Å². The Balaban J connectivity index is 1.83. The molecule has 1 amide bonds. The van der Waals surface area contributed by atoms with Crippen molar-refractivity contribution in [3.8, 4) is 5.75 Å². The van der Waals surface area contributed by atoms with Gasteiger partial charge < -0.3 is 10.1 Å². The van der Waals surface area contributed by atoms with Crippen molar-refractivity contribution in [1.29, 1.82) is 0 Å². The maximum Gasteiger partial charge on any atom is 0.261 e. The number of amides is 1. The Morgan fingerprint density at radius 1 is 1.14 bits per heavy atom. The van der Waals surface area contributed by atoms with Crippen LogP contribution in [0.15, 0.2) is 64.0 Å². The predicted octanol–water partition coefficient (Wildman–Crippen LogP) is 4.55. The number of methoxy groups -OCH3 is 1. The van der Waals surface area contributed by atoms with E-state index in [1.807, 2.05) is 6.08 Å². The van der Waals surface area contributed by atoms with Crippen LogP contribution in [-0.2, 0) is 14.8 Å². The number of allylic oxidation sites excluding steroid dienone is 2. The van der Waals surface area contributed by atoms with Gasteiger partial charge in [-0.05, 0) is 61.7 Å². The Bertz CT molecular complexity index is 988. The first-order chi connectivity index (χ1) is 13.4. The average Bonchev–Trinajstić information content (AvgIpc) is 2.70. The van der Waals surface area contributed by atoms with Crippen molar-refractivity contribution < 1.29 is 17.9 Å². The second kappa shape index (κ2) is 8.79. The van der Waals surface area contributed by atoms with E-state index in [0.29, 0.717) is 23.5 Å². The van der Waals surface area contributed by atoms with Gasteiger partial charge in [0, 0.05) is 16.1 Å². The molecule has 0 radical (unpaired) electrons. The zero-order valence-corrected chi connectivity index (χ0v) is 17.7. The van der Waals surface area contributed by atoms with Crippen molar-refractivity contribution in [2.45, 2.75) is 24.2 Å². The third-order valence-corrected chi connectivity index (χ3v) is 6.38. The summed E-state index contributed by atoms with van der Waals surface area (Å²) in [5.41, 5.74) is 0.777. The number of ether oxygens (including phenoxy) is 1. The molecule has 0 fully saturated rings. The molecule has 2 aromatic carbocycles. The Labute approximate surface area is 173 Å². The van der Waals surface area contributed by atoms with Crippen molar-refractivity contribution in [3.05, 3.63) is 59.1 Å². The van der Waals surface area contributed by atoms with E-state index in [4.69, 9.17) is 4.74 Å². The van der Waals surface area contributed by atoms with Crippen LogP contribution in [-0.4, -0.2) is 21.4 Å². The number of hydrogen-bond acceptors (Lipinski definition) is 4. The summed E-state index contributed by atoms with van der Waals surface area (Å²) in [6, 6.07) is 11.2. The molecule has 6 nitrogen and oxygen atoms in total. The lowest BCUT2D eigenvalue weighted by atomic mass is 9.93. The van der Waals surface area contributed by atoms with Crippen LogP contribution in [0.4, 0.5) is 11.4 Å². The highest BCUT2D eigenvalue weighted by molar-refractivity contribution is 9.10. The van der Waals surface area contributed by atoms with Crippen LogP contribution in [0.25, 0.3) is 0 Å². The second-order valence-electron chi connectivity index (χ2n) is 6.45. The quantitative estimate of drug-likeness (QED) is 0.613. The predicted molar refractivity (Wildman–Crippen MR) is 113 cm³/mol. The van der Waals surface area contributed by atoms with Crippen LogP contribution in [0.2, 0.25) is 0 Å². The zero-order chi connectivity index (χ0) is 20.1. The number of benzene rings is 2. The largest absolute Gasteiger partial charge is 0.495 e. The van der Waals surface area contributed by atoms with E-state index in [1.165, 1.54) is 25.3 Å². The van der Waals surface area contributed by atoms with Gasteiger partial charge in [0.2, 0.25) is 5.91 Å². The number of nitrogens with one attached hydrogen (secondary N) is 2. The Morgan fingerprint density at radius 2 is 1.89 bits per heavy atom. The summed E-state index contributed by atoms with van der Waals surface area (Å²) in [4.78, 5) is 12.6. The van der Waals surface area contributed by atoms with Gasteiger partial charge in [0.1, 0.15) is 5.75 Å². The second-order valence-corrected chi connectivity index (χ2v) is 9.04. The van der Waals surface area contributed by atoms with Crippen molar-refractivity contribution in [2.24, 2.45) is 5.92 Å². The lowest BCUT2D eigenvalue weighted by molar-refractivity contribution is -0.120. The average molecular weight is 465 g/mol. The Hall–Kier alpha value is -2.32. The highest BCUT2D eigenvalue weighted by Gasteiger charge is 2.22. The van der Waals surface area contributed by atoms with E-state index in [0.717, 1.165) is 17.3 Å². The van der Waals surface area contributed by atoms with Crippen molar-refractivity contribution in [1.82, 2.24) is 0 Å². The van der Waals surface area contributed by atoms with Crippen molar-refractivity contribution in [2.75, 3.05) is 17.1 Å². The normalized spacial score (nSPS) is 16.4. The molecule has 0 saturated heterocycles. The number of carbonyl (C=O) groups excluding carboxylic acids is 1. The number of carbonyl (C=O) groups is 1. The Kier molecular flexibility index (Phi) is 6.41. The smallest absolute Gasteiger partial charge is 0.261 e. The standard InChI is InChI=1S/C20H21BrN2O4S/c1-27-19-12-11-17(28(25,26)23-16-9-7-15(21)8-10-16)13-18(19)22-20(24)14-5-3-2-4-6-14/h2-3,7-14,23H,4-6H2,1H3,(H,22,24). The molecule has 28 heavy (non-hydrogen) atoms. The van der Waals surface area contributed by atoms with Crippen LogP contribution in [0.3, 0.4) is 0 Å². The third kappa shape index (κ3) is 4.94. The van der Waals surface area contributed by atoms with Crippen LogP contribution in [0.1, 0.15) is 19.3 Å². The first-order valence-corrected chi connectivity index (χ1v) is 11.1. The van der Waals surface area contributed by atoms with Gasteiger partial charge in [-0.25, -0.2) is 8.42 Å². The number of sulfonamides is 1. The summed E-state index contributed by atoms with van der Waals surface area (Å²) in [5.74, 6) is 0.135. The molecule has 0 aromatic heterocycles. The summed E-state index contributed by atoms with van der Waals surface area (Å²) in [6.45, 7) is 0. The summed E-state index contributed by atoms with van der Waals surface area (Å²) in [6.07, 6.45) is 6.37. The molecule has 0 saturated carbocycles. The maximum absolute atomic E-state index is 12.7. The van der Waals surface area contributed by atoms with E-state index in [9.17, 15) is 13.2 Å². The molecule has 1 atom stereocenters. The number of rotatable bonds is 6. The molecular weight excluding hydrogens is 444 g/mol. The first-order valence-electron chi connectivity index (χ1n) is 8.81. The van der Waals surface area contributed by atoms with Gasteiger partial charge >= 0.3 is 0 Å².